The lowest BCUT2D eigenvalue weighted by atomic mass is 10.1. The Morgan fingerprint density at radius 2 is 1.97 bits per heavy atom. The van der Waals surface area contributed by atoms with E-state index in [4.69, 9.17) is 9.47 Å². The van der Waals surface area contributed by atoms with Crippen LogP contribution in [-0.4, -0.2) is 42.9 Å². The summed E-state index contributed by atoms with van der Waals surface area (Å²) in [6.45, 7) is 3.09. The molecule has 1 N–H and O–H groups in total. The molecule has 176 valence electrons. The first-order chi connectivity index (χ1) is 15.7. The standard InChI is InChI=1S/C23H25F2N3O5/c1-14-11-17(15(2)28(14)9-10-31-4)12-18(13-26)22(30)32-16(3)21(29)27-19-7-5-6-8-20(19)33-23(24)25/h5-8,11-12,16,23H,9-10H2,1-4H3,(H,27,29)/b18-12+. The maximum Gasteiger partial charge on any atom is 0.387 e. The summed E-state index contributed by atoms with van der Waals surface area (Å²) in [5.74, 6) is -2.00. The molecule has 1 aromatic heterocycles. The first-order valence-electron chi connectivity index (χ1n) is 10.0. The monoisotopic (exact) mass is 461 g/mol. The Morgan fingerprint density at radius 1 is 1.27 bits per heavy atom. The number of esters is 1. The van der Waals surface area contributed by atoms with E-state index in [1.54, 1.807) is 13.2 Å². The van der Waals surface area contributed by atoms with Crippen LogP contribution < -0.4 is 10.1 Å². The number of hydrogen-bond acceptors (Lipinski definition) is 6. The molecule has 8 nitrogen and oxygen atoms in total. The molecule has 0 saturated carbocycles. The van der Waals surface area contributed by atoms with Crippen LogP contribution in [0.15, 0.2) is 35.9 Å². The van der Waals surface area contributed by atoms with Crippen molar-refractivity contribution in [2.75, 3.05) is 19.0 Å². The molecule has 33 heavy (non-hydrogen) atoms. The van der Waals surface area contributed by atoms with Crippen LogP contribution in [0.4, 0.5) is 14.5 Å². The van der Waals surface area contributed by atoms with Crippen molar-refractivity contribution in [3.8, 4) is 11.8 Å². The molecule has 1 heterocycles. The van der Waals surface area contributed by atoms with Crippen LogP contribution in [0.25, 0.3) is 6.08 Å². The highest BCUT2D eigenvalue weighted by atomic mass is 19.3. The maximum atomic E-state index is 12.5. The smallest absolute Gasteiger partial charge is 0.387 e. The highest BCUT2D eigenvalue weighted by Gasteiger charge is 2.22. The Kier molecular flexibility index (Phi) is 9.12. The maximum absolute atomic E-state index is 12.5. The Morgan fingerprint density at radius 3 is 2.61 bits per heavy atom. The van der Waals surface area contributed by atoms with Gasteiger partial charge in [-0.25, -0.2) is 4.79 Å². The molecule has 10 heteroatoms. The number of benzene rings is 1. The third-order valence-corrected chi connectivity index (χ3v) is 4.79. The summed E-state index contributed by atoms with van der Waals surface area (Å²) in [5.41, 5.74) is 2.13. The van der Waals surface area contributed by atoms with Gasteiger partial charge in [0.25, 0.3) is 5.91 Å². The number of alkyl halides is 2. The van der Waals surface area contributed by atoms with Crippen LogP contribution in [0.1, 0.15) is 23.9 Å². The molecule has 0 aliphatic rings. The molecule has 2 aromatic rings. The number of anilines is 1. The van der Waals surface area contributed by atoms with Gasteiger partial charge in [-0.2, -0.15) is 14.0 Å². The van der Waals surface area contributed by atoms with E-state index in [0.717, 1.165) is 11.4 Å². The molecular weight excluding hydrogens is 436 g/mol. The van der Waals surface area contributed by atoms with E-state index in [1.165, 1.54) is 37.3 Å². The summed E-state index contributed by atoms with van der Waals surface area (Å²) in [6.07, 6.45) is 0.0904. The number of aryl methyl sites for hydroxylation is 1. The minimum Gasteiger partial charge on any atom is -0.448 e. The number of aromatic nitrogens is 1. The highest BCUT2D eigenvalue weighted by Crippen LogP contribution is 2.26. The molecule has 1 aromatic carbocycles. The number of hydrogen-bond donors (Lipinski definition) is 1. The number of ether oxygens (including phenoxy) is 3. The number of rotatable bonds is 10. The van der Waals surface area contributed by atoms with Crippen molar-refractivity contribution in [3.05, 3.63) is 52.9 Å². The molecule has 0 fully saturated rings. The molecule has 0 bridgehead atoms. The van der Waals surface area contributed by atoms with E-state index >= 15 is 0 Å². The molecule has 1 amide bonds. The Labute approximate surface area is 190 Å². The second kappa shape index (κ2) is 11.8. The van der Waals surface area contributed by atoms with Crippen molar-refractivity contribution in [2.45, 2.75) is 40.0 Å². The molecule has 0 radical (unpaired) electrons. The van der Waals surface area contributed by atoms with E-state index in [9.17, 15) is 23.6 Å². The average molecular weight is 461 g/mol. The summed E-state index contributed by atoms with van der Waals surface area (Å²) in [4.78, 5) is 24.9. The van der Waals surface area contributed by atoms with Crippen molar-refractivity contribution in [1.82, 2.24) is 4.57 Å². The number of amides is 1. The number of halogens is 2. The summed E-state index contributed by atoms with van der Waals surface area (Å²) in [6, 6.07) is 9.23. The predicted octanol–water partition coefficient (Wildman–Crippen LogP) is 3.83. The zero-order valence-electron chi connectivity index (χ0n) is 18.7. The Balaban J connectivity index is 2.12. The quantitative estimate of drug-likeness (QED) is 0.328. The normalized spacial score (nSPS) is 12.2. The molecule has 1 atom stereocenters. The van der Waals surface area contributed by atoms with Gasteiger partial charge in [-0.15, -0.1) is 0 Å². The van der Waals surface area contributed by atoms with Crippen LogP contribution in [0.3, 0.4) is 0 Å². The van der Waals surface area contributed by atoms with Gasteiger partial charge in [0.05, 0.1) is 12.3 Å². The summed E-state index contributed by atoms with van der Waals surface area (Å²) in [5, 5.41) is 11.8. The number of para-hydroxylation sites is 2. The lowest BCUT2D eigenvalue weighted by Crippen LogP contribution is -2.30. The first kappa shape index (κ1) is 25.5. The zero-order valence-corrected chi connectivity index (χ0v) is 18.7. The molecule has 1 unspecified atom stereocenters. The van der Waals surface area contributed by atoms with Gasteiger partial charge in [0.1, 0.15) is 17.4 Å². The second-order valence-corrected chi connectivity index (χ2v) is 7.05. The topological polar surface area (TPSA) is 103 Å². The number of nitriles is 1. The minimum absolute atomic E-state index is 0.00903. The Bertz CT molecular complexity index is 1070. The average Bonchev–Trinajstić information content (AvgIpc) is 3.03. The van der Waals surface area contributed by atoms with E-state index in [-0.39, 0.29) is 17.0 Å². The summed E-state index contributed by atoms with van der Waals surface area (Å²) in [7, 11) is 1.60. The largest absolute Gasteiger partial charge is 0.448 e. The molecular formula is C23H25F2N3O5. The minimum atomic E-state index is -3.07. The van der Waals surface area contributed by atoms with Crippen LogP contribution in [0.2, 0.25) is 0 Å². The fraction of sp³-hybridized carbons (Fsp3) is 0.348. The lowest BCUT2D eigenvalue weighted by molar-refractivity contribution is -0.148. The predicted molar refractivity (Wildman–Crippen MR) is 117 cm³/mol. The van der Waals surface area contributed by atoms with Crippen LogP contribution >= 0.6 is 0 Å². The number of nitrogens with one attached hydrogen (secondary N) is 1. The van der Waals surface area contributed by atoms with Gasteiger partial charge in [-0.1, -0.05) is 12.1 Å². The van der Waals surface area contributed by atoms with Crippen molar-refractivity contribution in [3.63, 3.8) is 0 Å². The fourth-order valence-electron chi connectivity index (χ4n) is 3.07. The highest BCUT2D eigenvalue weighted by molar-refractivity contribution is 6.01. The van der Waals surface area contributed by atoms with E-state index in [2.05, 4.69) is 10.1 Å². The van der Waals surface area contributed by atoms with E-state index in [0.29, 0.717) is 18.7 Å². The van der Waals surface area contributed by atoms with Crippen molar-refractivity contribution in [1.29, 1.82) is 5.26 Å². The van der Waals surface area contributed by atoms with Gasteiger partial charge in [-0.05, 0) is 50.6 Å². The summed E-state index contributed by atoms with van der Waals surface area (Å²) >= 11 is 0. The number of carbonyl (C=O) groups is 2. The lowest BCUT2D eigenvalue weighted by Gasteiger charge is -2.15. The SMILES string of the molecule is COCCn1c(C)cc(/C=C(\C#N)C(=O)OC(C)C(=O)Nc2ccccc2OC(F)F)c1C. The van der Waals surface area contributed by atoms with Crippen LogP contribution in [0, 0.1) is 25.2 Å². The summed E-state index contributed by atoms with van der Waals surface area (Å²) < 4.78 is 41.6. The van der Waals surface area contributed by atoms with Crippen LogP contribution in [0.5, 0.6) is 5.75 Å². The molecule has 0 aliphatic carbocycles. The van der Waals surface area contributed by atoms with E-state index < -0.39 is 24.6 Å². The van der Waals surface area contributed by atoms with Gasteiger partial charge in [-0.3, -0.25) is 4.79 Å². The van der Waals surface area contributed by atoms with Gasteiger partial charge < -0.3 is 24.1 Å². The van der Waals surface area contributed by atoms with Gasteiger partial charge >= 0.3 is 12.6 Å². The van der Waals surface area contributed by atoms with Crippen molar-refractivity contribution >= 4 is 23.6 Å². The molecule has 2 rings (SSSR count). The first-order valence-corrected chi connectivity index (χ1v) is 10.0. The van der Waals surface area contributed by atoms with Crippen LogP contribution in [-0.2, 0) is 25.6 Å². The zero-order chi connectivity index (χ0) is 24.5. The molecule has 0 saturated heterocycles. The number of carbonyl (C=O) groups excluding carboxylic acids is 2. The fourth-order valence-corrected chi connectivity index (χ4v) is 3.07. The Hall–Kier alpha value is -3.71. The third kappa shape index (κ3) is 6.89. The van der Waals surface area contributed by atoms with Gasteiger partial charge in [0.15, 0.2) is 6.10 Å². The third-order valence-electron chi connectivity index (χ3n) is 4.79. The number of nitrogens with zero attached hydrogens (tertiary/aromatic N) is 2. The van der Waals surface area contributed by atoms with Gasteiger partial charge in [0, 0.05) is 25.0 Å². The van der Waals surface area contributed by atoms with E-state index in [1.807, 2.05) is 24.5 Å². The molecule has 0 aliphatic heterocycles. The number of methoxy groups -OCH3 is 1. The van der Waals surface area contributed by atoms with Gasteiger partial charge in [0.2, 0.25) is 0 Å². The van der Waals surface area contributed by atoms with Crippen molar-refractivity contribution < 1.29 is 32.6 Å². The second-order valence-electron chi connectivity index (χ2n) is 7.05. The molecule has 0 spiro atoms. The van der Waals surface area contributed by atoms with Crippen molar-refractivity contribution in [2.24, 2.45) is 0 Å².